The van der Waals surface area contributed by atoms with Crippen LogP contribution in [0.25, 0.3) is 0 Å². The highest BCUT2D eigenvalue weighted by Gasteiger charge is 2.27. The van der Waals surface area contributed by atoms with E-state index < -0.39 is 0 Å². The minimum Gasteiger partial charge on any atom is -0.316 e. The molecule has 0 aliphatic heterocycles. The molecule has 0 heterocycles. The average Bonchev–Trinajstić information content (AvgIpc) is 2.80. The molecule has 1 N–H and O–H groups in total. The van der Waals surface area contributed by atoms with Crippen LogP contribution in [0.1, 0.15) is 43.7 Å². The number of hydrogen-bond acceptors (Lipinski definition) is 1. The van der Waals surface area contributed by atoms with Crippen LogP contribution in [0.15, 0.2) is 24.3 Å². The summed E-state index contributed by atoms with van der Waals surface area (Å²) in [5.74, 6) is 1.80. The van der Waals surface area contributed by atoms with Crippen molar-refractivity contribution in [2.45, 2.75) is 46.0 Å². The number of benzene rings is 1. The maximum atomic E-state index is 3.61. The smallest absolute Gasteiger partial charge is 0.00178 e. The van der Waals surface area contributed by atoms with Gasteiger partial charge in [0.25, 0.3) is 0 Å². The summed E-state index contributed by atoms with van der Waals surface area (Å²) < 4.78 is 0. The highest BCUT2D eigenvalue weighted by atomic mass is 14.9. The molecule has 0 bridgehead atoms. The third-order valence-electron chi connectivity index (χ3n) is 4.39. The lowest BCUT2D eigenvalue weighted by Gasteiger charge is -2.21. The molecule has 0 amide bonds. The molecule has 2 atom stereocenters. The van der Waals surface area contributed by atoms with Crippen LogP contribution in [-0.4, -0.2) is 13.1 Å². The summed E-state index contributed by atoms with van der Waals surface area (Å²) in [5.41, 5.74) is 3.02. The largest absolute Gasteiger partial charge is 0.316 e. The van der Waals surface area contributed by atoms with Gasteiger partial charge in [0, 0.05) is 0 Å². The summed E-state index contributed by atoms with van der Waals surface area (Å²) in [7, 11) is 0. The van der Waals surface area contributed by atoms with E-state index in [0.717, 1.165) is 11.8 Å². The predicted octanol–water partition coefficient (Wildman–Crippen LogP) is 3.95. The predicted molar refractivity (Wildman–Crippen MR) is 78.9 cm³/mol. The second-order valence-corrected chi connectivity index (χ2v) is 5.79. The normalized spacial score (nSPS) is 23.4. The van der Waals surface area contributed by atoms with E-state index in [-0.39, 0.29) is 0 Å². The van der Waals surface area contributed by atoms with Crippen LogP contribution in [0, 0.1) is 18.8 Å². The molecule has 2 unspecified atom stereocenters. The fourth-order valence-electron chi connectivity index (χ4n) is 3.24. The van der Waals surface area contributed by atoms with Gasteiger partial charge in [-0.15, -0.1) is 0 Å². The third-order valence-corrected chi connectivity index (χ3v) is 4.39. The summed E-state index contributed by atoms with van der Waals surface area (Å²) in [6.07, 6.45) is 6.80. The second-order valence-electron chi connectivity index (χ2n) is 5.79. The average molecular weight is 245 g/mol. The van der Waals surface area contributed by atoms with Gasteiger partial charge in [0.2, 0.25) is 0 Å². The Labute approximate surface area is 112 Å². The Morgan fingerprint density at radius 2 is 1.94 bits per heavy atom. The Balaban J connectivity index is 1.89. The van der Waals surface area contributed by atoms with Crippen molar-refractivity contribution in [1.82, 2.24) is 5.32 Å². The van der Waals surface area contributed by atoms with Crippen LogP contribution in [0.2, 0.25) is 0 Å². The molecular formula is C17H27N. The molecule has 0 spiro atoms. The van der Waals surface area contributed by atoms with Gasteiger partial charge in [0.1, 0.15) is 0 Å². The Morgan fingerprint density at radius 1 is 1.17 bits per heavy atom. The van der Waals surface area contributed by atoms with Crippen molar-refractivity contribution in [3.63, 3.8) is 0 Å². The summed E-state index contributed by atoms with van der Waals surface area (Å²) in [6.45, 7) is 6.89. The first-order valence-electron chi connectivity index (χ1n) is 7.56. The zero-order valence-electron chi connectivity index (χ0n) is 11.9. The first-order chi connectivity index (χ1) is 8.81. The maximum absolute atomic E-state index is 3.61. The van der Waals surface area contributed by atoms with Crippen LogP contribution < -0.4 is 5.32 Å². The standard InChI is InChI=1S/C17H27N/c1-3-11-18-13-17-10-6-9-16(17)12-15-8-5-4-7-14(15)2/h4-5,7-8,16-18H,3,6,9-13H2,1-2H3. The lowest BCUT2D eigenvalue weighted by atomic mass is 9.88. The fraction of sp³-hybridized carbons (Fsp3) is 0.647. The van der Waals surface area contributed by atoms with Crippen molar-refractivity contribution in [3.8, 4) is 0 Å². The Hall–Kier alpha value is -0.820. The first-order valence-corrected chi connectivity index (χ1v) is 7.56. The SMILES string of the molecule is CCCNCC1CCCC1Cc1ccccc1C. The lowest BCUT2D eigenvalue weighted by Crippen LogP contribution is -2.26. The number of aryl methyl sites for hydroxylation is 1. The van der Waals surface area contributed by atoms with E-state index in [0.29, 0.717) is 0 Å². The van der Waals surface area contributed by atoms with Crippen molar-refractivity contribution < 1.29 is 0 Å². The zero-order chi connectivity index (χ0) is 12.8. The van der Waals surface area contributed by atoms with E-state index in [1.165, 1.54) is 50.8 Å². The van der Waals surface area contributed by atoms with Crippen LogP contribution in [0.4, 0.5) is 0 Å². The van der Waals surface area contributed by atoms with E-state index >= 15 is 0 Å². The van der Waals surface area contributed by atoms with Gasteiger partial charge in [-0.1, -0.05) is 37.6 Å². The van der Waals surface area contributed by atoms with E-state index in [2.05, 4.69) is 43.4 Å². The Bertz CT molecular complexity index is 358. The van der Waals surface area contributed by atoms with Gasteiger partial charge in [0.05, 0.1) is 0 Å². The van der Waals surface area contributed by atoms with Gasteiger partial charge >= 0.3 is 0 Å². The molecule has 1 nitrogen and oxygen atoms in total. The molecule has 1 aliphatic carbocycles. The minimum atomic E-state index is 0.899. The number of rotatable bonds is 6. The molecule has 2 rings (SSSR count). The molecule has 100 valence electrons. The molecule has 0 radical (unpaired) electrons. The highest BCUT2D eigenvalue weighted by molar-refractivity contribution is 5.26. The lowest BCUT2D eigenvalue weighted by molar-refractivity contribution is 0.365. The molecule has 18 heavy (non-hydrogen) atoms. The molecule has 1 aliphatic rings. The quantitative estimate of drug-likeness (QED) is 0.748. The maximum Gasteiger partial charge on any atom is -0.00178 e. The highest BCUT2D eigenvalue weighted by Crippen LogP contribution is 2.34. The van der Waals surface area contributed by atoms with E-state index in [4.69, 9.17) is 0 Å². The van der Waals surface area contributed by atoms with E-state index in [1.54, 1.807) is 5.56 Å². The molecule has 0 saturated heterocycles. The molecule has 1 fully saturated rings. The third kappa shape index (κ3) is 3.58. The Kier molecular flexibility index (Phi) is 5.25. The summed E-state index contributed by atoms with van der Waals surface area (Å²) in [5, 5.41) is 3.61. The van der Waals surface area contributed by atoms with Crippen LogP contribution >= 0.6 is 0 Å². The van der Waals surface area contributed by atoms with Crippen molar-refractivity contribution in [2.75, 3.05) is 13.1 Å². The van der Waals surface area contributed by atoms with Crippen LogP contribution in [0.3, 0.4) is 0 Å². The van der Waals surface area contributed by atoms with Gasteiger partial charge < -0.3 is 5.32 Å². The summed E-state index contributed by atoms with van der Waals surface area (Å²) in [4.78, 5) is 0. The summed E-state index contributed by atoms with van der Waals surface area (Å²) in [6, 6.07) is 8.88. The van der Waals surface area contributed by atoms with Crippen LogP contribution in [-0.2, 0) is 6.42 Å². The molecule has 1 aromatic rings. The minimum absolute atomic E-state index is 0.899. The topological polar surface area (TPSA) is 12.0 Å². The molecule has 0 aromatic heterocycles. The second kappa shape index (κ2) is 6.94. The van der Waals surface area contributed by atoms with Crippen molar-refractivity contribution in [2.24, 2.45) is 11.8 Å². The van der Waals surface area contributed by atoms with Crippen molar-refractivity contribution in [3.05, 3.63) is 35.4 Å². The zero-order valence-corrected chi connectivity index (χ0v) is 11.9. The first kappa shape index (κ1) is 13.6. The molecule has 1 aromatic carbocycles. The summed E-state index contributed by atoms with van der Waals surface area (Å²) >= 11 is 0. The Morgan fingerprint density at radius 3 is 2.72 bits per heavy atom. The van der Waals surface area contributed by atoms with Gasteiger partial charge in [-0.3, -0.25) is 0 Å². The number of nitrogens with one attached hydrogen (secondary N) is 1. The van der Waals surface area contributed by atoms with E-state index in [9.17, 15) is 0 Å². The van der Waals surface area contributed by atoms with Gasteiger partial charge in [-0.2, -0.15) is 0 Å². The molecule has 1 saturated carbocycles. The van der Waals surface area contributed by atoms with Gasteiger partial charge in [-0.25, -0.2) is 0 Å². The van der Waals surface area contributed by atoms with E-state index in [1.807, 2.05) is 0 Å². The molecule has 1 heteroatoms. The van der Waals surface area contributed by atoms with Crippen molar-refractivity contribution >= 4 is 0 Å². The molecular weight excluding hydrogens is 218 g/mol. The number of hydrogen-bond donors (Lipinski definition) is 1. The monoisotopic (exact) mass is 245 g/mol. The van der Waals surface area contributed by atoms with Gasteiger partial charge in [0.15, 0.2) is 0 Å². The van der Waals surface area contributed by atoms with Crippen LogP contribution in [0.5, 0.6) is 0 Å². The fourth-order valence-corrected chi connectivity index (χ4v) is 3.24. The van der Waals surface area contributed by atoms with Crippen molar-refractivity contribution in [1.29, 1.82) is 0 Å². The van der Waals surface area contributed by atoms with Gasteiger partial charge in [-0.05, 0) is 68.7 Å².